The van der Waals surface area contributed by atoms with Crippen molar-refractivity contribution in [2.24, 2.45) is 0 Å². The molecule has 2 aromatic heterocycles. The van der Waals surface area contributed by atoms with Gasteiger partial charge in [-0.2, -0.15) is 5.10 Å². The zero-order valence-corrected chi connectivity index (χ0v) is 17.3. The fourth-order valence-electron chi connectivity index (χ4n) is 3.00. The highest BCUT2D eigenvalue weighted by Gasteiger charge is 2.23. The van der Waals surface area contributed by atoms with Crippen LogP contribution in [0.3, 0.4) is 0 Å². The molecule has 7 nitrogen and oxygen atoms in total. The summed E-state index contributed by atoms with van der Waals surface area (Å²) in [4.78, 5) is 29.8. The van der Waals surface area contributed by atoms with Crippen molar-refractivity contribution in [3.63, 3.8) is 0 Å². The van der Waals surface area contributed by atoms with E-state index in [1.165, 1.54) is 0 Å². The zero-order valence-electron chi connectivity index (χ0n) is 17.3. The van der Waals surface area contributed by atoms with Crippen LogP contribution < -0.4 is 5.32 Å². The van der Waals surface area contributed by atoms with Crippen molar-refractivity contribution in [1.29, 1.82) is 0 Å². The number of esters is 1. The monoisotopic (exact) mass is 394 g/mol. The fraction of sp³-hybridized carbons (Fsp3) is 0.364. The number of carbonyl (C=O) groups is 2. The van der Waals surface area contributed by atoms with Gasteiger partial charge in [-0.3, -0.25) is 4.79 Å². The Kier molecular flexibility index (Phi) is 5.96. The molecule has 152 valence electrons. The van der Waals surface area contributed by atoms with Gasteiger partial charge in [-0.25, -0.2) is 14.5 Å². The van der Waals surface area contributed by atoms with Gasteiger partial charge in [-0.1, -0.05) is 30.3 Å². The Morgan fingerprint density at radius 1 is 1.07 bits per heavy atom. The molecule has 0 aliphatic heterocycles. The van der Waals surface area contributed by atoms with Crippen molar-refractivity contribution in [3.8, 4) is 11.3 Å². The van der Waals surface area contributed by atoms with Crippen molar-refractivity contribution in [2.45, 2.75) is 52.8 Å². The highest BCUT2D eigenvalue weighted by atomic mass is 16.5. The van der Waals surface area contributed by atoms with Crippen molar-refractivity contribution in [2.75, 3.05) is 0 Å². The first kappa shape index (κ1) is 20.5. The number of hydrogen-bond acceptors (Lipinski definition) is 5. The third-order valence-electron chi connectivity index (χ3n) is 4.43. The molecule has 0 bridgehead atoms. The molecule has 0 radical (unpaired) electrons. The first-order valence-corrected chi connectivity index (χ1v) is 9.73. The van der Waals surface area contributed by atoms with Gasteiger partial charge < -0.3 is 10.1 Å². The van der Waals surface area contributed by atoms with E-state index in [2.05, 4.69) is 10.4 Å². The summed E-state index contributed by atoms with van der Waals surface area (Å²) in [6.45, 7) is 9.26. The summed E-state index contributed by atoms with van der Waals surface area (Å²) in [5.41, 5.74) is 2.47. The average Bonchev–Trinajstić information content (AvgIpc) is 3.11. The second-order valence-corrected chi connectivity index (χ2v) is 7.55. The number of aromatic nitrogens is 3. The summed E-state index contributed by atoms with van der Waals surface area (Å²) in [5, 5.41) is 7.74. The minimum Gasteiger partial charge on any atom is -0.449 e. The van der Waals surface area contributed by atoms with E-state index in [0.717, 1.165) is 5.56 Å². The molecule has 0 saturated heterocycles. The molecule has 0 aliphatic carbocycles. The van der Waals surface area contributed by atoms with Gasteiger partial charge in [0.05, 0.1) is 22.8 Å². The Bertz CT molecular complexity index is 1030. The van der Waals surface area contributed by atoms with Gasteiger partial charge in [-0.05, 0) is 40.7 Å². The van der Waals surface area contributed by atoms with Crippen LogP contribution in [0.2, 0.25) is 0 Å². The van der Waals surface area contributed by atoms with E-state index < -0.39 is 12.1 Å². The molecule has 7 heteroatoms. The summed E-state index contributed by atoms with van der Waals surface area (Å²) in [5.74, 6) is -0.913. The predicted octanol–water partition coefficient (Wildman–Crippen LogP) is 3.75. The standard InChI is InChI=1S/C22H26N4O3/c1-13(2)24-21(27)15(5)29-22(28)17-11-19(16-9-7-6-8-10-16)25-20-18(17)12-23-26(20)14(3)4/h6-15H,1-5H3,(H,24,27). The van der Waals surface area contributed by atoms with E-state index in [1.807, 2.05) is 58.0 Å². The Morgan fingerprint density at radius 2 is 1.76 bits per heavy atom. The average molecular weight is 394 g/mol. The maximum absolute atomic E-state index is 13.0. The van der Waals surface area contributed by atoms with Crippen molar-refractivity contribution in [3.05, 3.63) is 48.2 Å². The van der Waals surface area contributed by atoms with Crippen LogP contribution in [0.15, 0.2) is 42.6 Å². The number of fused-ring (bicyclic) bond motifs is 1. The van der Waals surface area contributed by atoms with E-state index in [9.17, 15) is 9.59 Å². The Labute approximate surface area is 170 Å². The molecule has 1 amide bonds. The fourth-order valence-corrected chi connectivity index (χ4v) is 3.00. The Balaban J connectivity index is 2.04. The van der Waals surface area contributed by atoms with Crippen LogP contribution in [-0.2, 0) is 9.53 Å². The topological polar surface area (TPSA) is 86.1 Å². The minimum atomic E-state index is -0.909. The smallest absolute Gasteiger partial charge is 0.339 e. The van der Waals surface area contributed by atoms with Gasteiger partial charge in [0.1, 0.15) is 0 Å². The van der Waals surface area contributed by atoms with Crippen LogP contribution in [0.1, 0.15) is 51.0 Å². The largest absolute Gasteiger partial charge is 0.449 e. The molecule has 0 saturated carbocycles. The van der Waals surface area contributed by atoms with E-state index in [1.54, 1.807) is 23.9 Å². The first-order valence-electron chi connectivity index (χ1n) is 9.73. The van der Waals surface area contributed by atoms with Crippen LogP contribution in [0, 0.1) is 0 Å². The second kappa shape index (κ2) is 8.43. The Morgan fingerprint density at radius 3 is 2.38 bits per heavy atom. The normalized spacial score (nSPS) is 12.4. The van der Waals surface area contributed by atoms with Crippen LogP contribution >= 0.6 is 0 Å². The van der Waals surface area contributed by atoms with Gasteiger partial charge >= 0.3 is 5.97 Å². The van der Waals surface area contributed by atoms with Crippen molar-refractivity contribution in [1.82, 2.24) is 20.1 Å². The van der Waals surface area contributed by atoms with Crippen LogP contribution in [-0.4, -0.2) is 38.8 Å². The maximum atomic E-state index is 13.0. The van der Waals surface area contributed by atoms with E-state index in [0.29, 0.717) is 22.3 Å². The minimum absolute atomic E-state index is 0.0368. The quantitative estimate of drug-likeness (QED) is 0.644. The molecule has 3 rings (SSSR count). The summed E-state index contributed by atoms with van der Waals surface area (Å²) in [6, 6.07) is 11.3. The zero-order chi connectivity index (χ0) is 21.1. The molecule has 29 heavy (non-hydrogen) atoms. The lowest BCUT2D eigenvalue weighted by molar-refractivity contribution is -0.129. The molecular formula is C22H26N4O3. The lowest BCUT2D eigenvalue weighted by Crippen LogP contribution is -2.39. The molecule has 1 unspecified atom stereocenters. The van der Waals surface area contributed by atoms with Crippen LogP contribution in [0.5, 0.6) is 0 Å². The number of nitrogens with zero attached hydrogens (tertiary/aromatic N) is 3. The van der Waals surface area contributed by atoms with E-state index in [-0.39, 0.29) is 18.0 Å². The number of rotatable bonds is 6. The SMILES string of the molecule is CC(C)NC(=O)C(C)OC(=O)c1cc(-c2ccccc2)nc2c1cnn2C(C)C. The molecule has 1 atom stereocenters. The molecule has 3 aromatic rings. The number of nitrogens with one attached hydrogen (secondary N) is 1. The first-order chi connectivity index (χ1) is 13.8. The third-order valence-corrected chi connectivity index (χ3v) is 4.43. The second-order valence-electron chi connectivity index (χ2n) is 7.55. The number of pyridine rings is 1. The predicted molar refractivity (Wildman–Crippen MR) is 112 cm³/mol. The van der Waals surface area contributed by atoms with Gasteiger partial charge in [-0.15, -0.1) is 0 Å². The summed E-state index contributed by atoms with van der Waals surface area (Å²) < 4.78 is 7.22. The van der Waals surface area contributed by atoms with Crippen LogP contribution in [0.4, 0.5) is 0 Å². The summed E-state index contributed by atoms with van der Waals surface area (Å²) in [7, 11) is 0. The molecule has 0 spiro atoms. The van der Waals surface area contributed by atoms with Gasteiger partial charge in [0.15, 0.2) is 11.8 Å². The molecule has 0 fully saturated rings. The van der Waals surface area contributed by atoms with E-state index >= 15 is 0 Å². The molecular weight excluding hydrogens is 368 g/mol. The third kappa shape index (κ3) is 4.45. The number of hydrogen-bond donors (Lipinski definition) is 1. The van der Waals surface area contributed by atoms with Crippen molar-refractivity contribution < 1.29 is 14.3 Å². The van der Waals surface area contributed by atoms with Gasteiger partial charge in [0, 0.05) is 17.6 Å². The summed E-state index contributed by atoms with van der Waals surface area (Å²) >= 11 is 0. The van der Waals surface area contributed by atoms with E-state index in [4.69, 9.17) is 9.72 Å². The molecule has 0 aliphatic rings. The number of amides is 1. The maximum Gasteiger partial charge on any atom is 0.339 e. The highest BCUT2D eigenvalue weighted by molar-refractivity contribution is 6.04. The number of benzene rings is 1. The lowest BCUT2D eigenvalue weighted by atomic mass is 10.1. The molecule has 2 heterocycles. The van der Waals surface area contributed by atoms with Crippen molar-refractivity contribution >= 4 is 22.9 Å². The highest BCUT2D eigenvalue weighted by Crippen LogP contribution is 2.27. The Hall–Kier alpha value is -3.22. The van der Waals surface area contributed by atoms with Gasteiger partial charge in [0.25, 0.3) is 5.91 Å². The van der Waals surface area contributed by atoms with Gasteiger partial charge in [0.2, 0.25) is 0 Å². The molecule has 1 N–H and O–H groups in total. The lowest BCUT2D eigenvalue weighted by Gasteiger charge is -2.16. The number of ether oxygens (including phenoxy) is 1. The van der Waals surface area contributed by atoms with Crippen LogP contribution in [0.25, 0.3) is 22.3 Å². The summed E-state index contributed by atoms with van der Waals surface area (Å²) in [6.07, 6.45) is 0.709. The molecule has 1 aromatic carbocycles. The number of carbonyl (C=O) groups excluding carboxylic acids is 2.